The van der Waals surface area contributed by atoms with Gasteiger partial charge in [-0.25, -0.2) is 4.68 Å². The first-order valence-electron chi connectivity index (χ1n) is 6.61. The number of carboxylic acid groups (broad SMARTS) is 1. The van der Waals surface area contributed by atoms with Crippen molar-refractivity contribution >= 4 is 11.9 Å². The molecular formula is C14H16N4O2. The van der Waals surface area contributed by atoms with Crippen LogP contribution in [0.1, 0.15) is 29.4 Å². The third-order valence-corrected chi connectivity index (χ3v) is 3.41. The second-order valence-electron chi connectivity index (χ2n) is 5.01. The zero-order chi connectivity index (χ0) is 14.1. The summed E-state index contributed by atoms with van der Waals surface area (Å²) in [6.45, 7) is 2.87. The van der Waals surface area contributed by atoms with E-state index in [0.717, 1.165) is 13.0 Å². The van der Waals surface area contributed by atoms with Gasteiger partial charge in [-0.1, -0.05) is 29.8 Å². The third kappa shape index (κ3) is 2.36. The van der Waals surface area contributed by atoms with Crippen LogP contribution >= 0.6 is 0 Å². The van der Waals surface area contributed by atoms with Gasteiger partial charge < -0.3 is 10.4 Å². The summed E-state index contributed by atoms with van der Waals surface area (Å²) in [5, 5.41) is 16.3. The van der Waals surface area contributed by atoms with E-state index in [0.29, 0.717) is 11.8 Å². The lowest BCUT2D eigenvalue weighted by molar-refractivity contribution is -0.136. The van der Waals surface area contributed by atoms with E-state index in [9.17, 15) is 4.79 Å². The normalized spacial score (nSPS) is 17.4. The van der Waals surface area contributed by atoms with Gasteiger partial charge in [-0.2, -0.15) is 10.1 Å². The predicted octanol–water partition coefficient (Wildman–Crippen LogP) is 1.62. The number of carbonyl (C=O) groups is 1. The van der Waals surface area contributed by atoms with Crippen LogP contribution < -0.4 is 5.32 Å². The smallest absolute Gasteiger partial charge is 0.311 e. The van der Waals surface area contributed by atoms with Gasteiger partial charge in [0, 0.05) is 6.54 Å². The van der Waals surface area contributed by atoms with Crippen LogP contribution in [-0.4, -0.2) is 32.4 Å². The topological polar surface area (TPSA) is 80.0 Å². The maximum atomic E-state index is 10.8. The molecule has 1 aliphatic heterocycles. The van der Waals surface area contributed by atoms with E-state index >= 15 is 0 Å². The zero-order valence-corrected chi connectivity index (χ0v) is 11.2. The maximum absolute atomic E-state index is 10.8. The number of hydrogen-bond donors (Lipinski definition) is 2. The van der Waals surface area contributed by atoms with Crippen LogP contribution in [0.5, 0.6) is 0 Å². The molecule has 1 aromatic heterocycles. The average Bonchev–Trinajstić information content (AvgIpc) is 2.79. The van der Waals surface area contributed by atoms with Crippen molar-refractivity contribution in [3.8, 4) is 0 Å². The van der Waals surface area contributed by atoms with Gasteiger partial charge in [0.15, 0.2) is 5.82 Å². The molecule has 20 heavy (non-hydrogen) atoms. The molecule has 0 aliphatic carbocycles. The highest BCUT2D eigenvalue weighted by Crippen LogP contribution is 2.28. The van der Waals surface area contributed by atoms with Crippen LogP contribution in [0.2, 0.25) is 0 Å². The minimum atomic E-state index is -0.917. The summed E-state index contributed by atoms with van der Waals surface area (Å²) >= 11 is 0. The van der Waals surface area contributed by atoms with Crippen molar-refractivity contribution in [2.45, 2.75) is 25.8 Å². The van der Waals surface area contributed by atoms with Gasteiger partial charge in [-0.05, 0) is 18.9 Å². The van der Waals surface area contributed by atoms with Crippen molar-refractivity contribution in [2.24, 2.45) is 0 Å². The van der Waals surface area contributed by atoms with Crippen LogP contribution in [0.3, 0.4) is 0 Å². The summed E-state index contributed by atoms with van der Waals surface area (Å²) in [6.07, 6.45) is 0.758. The molecule has 2 N–H and O–H groups in total. The lowest BCUT2D eigenvalue weighted by Crippen LogP contribution is -2.24. The number of fused-ring (bicyclic) bond motifs is 1. The number of benzene rings is 1. The Labute approximate surface area is 116 Å². The first-order chi connectivity index (χ1) is 9.63. The largest absolute Gasteiger partial charge is 0.481 e. The molecule has 1 aromatic carbocycles. The highest BCUT2D eigenvalue weighted by Gasteiger charge is 2.24. The monoisotopic (exact) mass is 272 g/mol. The Morgan fingerprint density at radius 3 is 3.15 bits per heavy atom. The summed E-state index contributed by atoms with van der Waals surface area (Å²) in [5.74, 6) is 0.0820. The van der Waals surface area contributed by atoms with E-state index in [-0.39, 0.29) is 12.5 Å². The Kier molecular flexibility index (Phi) is 3.14. The Balaban J connectivity index is 1.97. The van der Waals surface area contributed by atoms with Crippen LogP contribution in [0, 0.1) is 6.92 Å². The van der Waals surface area contributed by atoms with Gasteiger partial charge in [0.05, 0.1) is 6.04 Å². The first-order valence-corrected chi connectivity index (χ1v) is 6.61. The highest BCUT2D eigenvalue weighted by atomic mass is 16.4. The van der Waals surface area contributed by atoms with E-state index in [1.54, 1.807) is 4.68 Å². The molecule has 0 amide bonds. The lowest BCUT2D eigenvalue weighted by atomic mass is 10.0. The van der Waals surface area contributed by atoms with Crippen LogP contribution in [0.25, 0.3) is 0 Å². The Morgan fingerprint density at radius 2 is 2.40 bits per heavy atom. The molecule has 0 spiro atoms. The van der Waals surface area contributed by atoms with Crippen molar-refractivity contribution in [3.63, 3.8) is 0 Å². The number of carboxylic acids is 1. The van der Waals surface area contributed by atoms with E-state index in [1.807, 2.05) is 6.07 Å². The Hall–Kier alpha value is -2.37. The Morgan fingerprint density at radius 1 is 1.55 bits per heavy atom. The van der Waals surface area contributed by atoms with Gasteiger partial charge in [-0.3, -0.25) is 4.79 Å². The minimum Gasteiger partial charge on any atom is -0.481 e. The number of nitrogens with one attached hydrogen (secondary N) is 1. The SMILES string of the molecule is Cc1cccc(C2CCNc3nc(CC(=O)O)nn32)c1. The fourth-order valence-electron chi connectivity index (χ4n) is 2.54. The number of aromatic nitrogens is 3. The van der Waals surface area contributed by atoms with Crippen molar-refractivity contribution in [3.05, 3.63) is 41.2 Å². The van der Waals surface area contributed by atoms with Crippen LogP contribution in [-0.2, 0) is 11.2 Å². The summed E-state index contributed by atoms with van der Waals surface area (Å²) in [6, 6.07) is 8.41. The standard InChI is InChI=1S/C14H16N4O2/c1-9-3-2-4-10(7-9)11-5-6-15-14-16-12(8-13(19)20)17-18(11)14/h2-4,7,11H,5-6,8H2,1H3,(H,19,20)(H,15,16,17). The number of hydrogen-bond acceptors (Lipinski definition) is 4. The molecule has 6 heteroatoms. The third-order valence-electron chi connectivity index (χ3n) is 3.41. The molecule has 3 rings (SSSR count). The molecule has 0 saturated carbocycles. The fraction of sp³-hybridized carbons (Fsp3) is 0.357. The van der Waals surface area contributed by atoms with E-state index in [1.165, 1.54) is 11.1 Å². The number of aliphatic carboxylic acids is 1. The number of nitrogens with zero attached hydrogens (tertiary/aromatic N) is 3. The predicted molar refractivity (Wildman–Crippen MR) is 73.8 cm³/mol. The molecule has 0 bridgehead atoms. The molecule has 0 fully saturated rings. The molecule has 0 saturated heterocycles. The van der Waals surface area contributed by atoms with Crippen LogP contribution in [0.15, 0.2) is 24.3 Å². The number of aryl methyl sites for hydroxylation is 1. The van der Waals surface area contributed by atoms with Crippen molar-refractivity contribution in [1.29, 1.82) is 0 Å². The van der Waals surface area contributed by atoms with Crippen LogP contribution in [0.4, 0.5) is 5.95 Å². The molecule has 104 valence electrons. The van der Waals surface area contributed by atoms with Crippen molar-refractivity contribution in [2.75, 3.05) is 11.9 Å². The number of rotatable bonds is 3. The van der Waals surface area contributed by atoms with E-state index < -0.39 is 5.97 Å². The molecule has 2 heterocycles. The van der Waals surface area contributed by atoms with E-state index in [2.05, 4.69) is 40.5 Å². The van der Waals surface area contributed by atoms with E-state index in [4.69, 9.17) is 5.11 Å². The van der Waals surface area contributed by atoms with Crippen molar-refractivity contribution < 1.29 is 9.90 Å². The molecule has 1 aliphatic rings. The second kappa shape index (κ2) is 4.96. The molecule has 1 unspecified atom stereocenters. The van der Waals surface area contributed by atoms with Crippen molar-refractivity contribution in [1.82, 2.24) is 14.8 Å². The fourth-order valence-corrected chi connectivity index (χ4v) is 2.54. The molecule has 2 aromatic rings. The molecular weight excluding hydrogens is 256 g/mol. The highest BCUT2D eigenvalue weighted by molar-refractivity contribution is 5.69. The van der Waals surface area contributed by atoms with Gasteiger partial charge in [0.2, 0.25) is 5.95 Å². The summed E-state index contributed by atoms with van der Waals surface area (Å²) in [5.41, 5.74) is 2.38. The molecule has 6 nitrogen and oxygen atoms in total. The number of anilines is 1. The van der Waals surface area contributed by atoms with Gasteiger partial charge in [-0.15, -0.1) is 0 Å². The second-order valence-corrected chi connectivity index (χ2v) is 5.01. The zero-order valence-electron chi connectivity index (χ0n) is 11.2. The lowest BCUT2D eigenvalue weighted by Gasteiger charge is -2.24. The minimum absolute atomic E-state index is 0.112. The Bertz CT molecular complexity index is 650. The van der Waals surface area contributed by atoms with Gasteiger partial charge in [0.1, 0.15) is 6.42 Å². The maximum Gasteiger partial charge on any atom is 0.311 e. The van der Waals surface area contributed by atoms with Gasteiger partial charge in [0.25, 0.3) is 0 Å². The first kappa shape index (κ1) is 12.7. The molecule has 1 atom stereocenters. The summed E-state index contributed by atoms with van der Waals surface area (Å²) in [4.78, 5) is 15.0. The summed E-state index contributed by atoms with van der Waals surface area (Å²) in [7, 11) is 0. The van der Waals surface area contributed by atoms with Gasteiger partial charge >= 0.3 is 5.97 Å². The average molecular weight is 272 g/mol. The quantitative estimate of drug-likeness (QED) is 0.887. The summed E-state index contributed by atoms with van der Waals surface area (Å²) < 4.78 is 1.80. The molecule has 0 radical (unpaired) electrons.